The molecule has 0 fully saturated rings. The first-order chi connectivity index (χ1) is 10.0. The molecule has 0 radical (unpaired) electrons. The van der Waals surface area contributed by atoms with Gasteiger partial charge in [-0.05, 0) is 32.0 Å². The molecule has 0 aliphatic heterocycles. The van der Waals surface area contributed by atoms with Crippen molar-refractivity contribution < 1.29 is 4.42 Å². The molecule has 2 heterocycles. The van der Waals surface area contributed by atoms with Crippen LogP contribution in [-0.4, -0.2) is 29.5 Å². The van der Waals surface area contributed by atoms with Crippen molar-refractivity contribution in [2.24, 2.45) is 12.0 Å². The molecule has 5 heteroatoms. The normalized spacial score (nSPS) is 11.8. The summed E-state index contributed by atoms with van der Waals surface area (Å²) in [7, 11) is 5.89. The number of nitrogens with zero attached hydrogens (tertiary/aromatic N) is 3. The molecule has 1 N–H and O–H groups in total. The van der Waals surface area contributed by atoms with Gasteiger partial charge in [0.15, 0.2) is 5.96 Å². The third-order valence-corrected chi connectivity index (χ3v) is 3.60. The van der Waals surface area contributed by atoms with Crippen molar-refractivity contribution >= 4 is 5.96 Å². The van der Waals surface area contributed by atoms with Crippen LogP contribution < -0.4 is 5.32 Å². The minimum Gasteiger partial charge on any atom is -0.466 e. The second kappa shape index (κ2) is 6.52. The fourth-order valence-electron chi connectivity index (χ4n) is 2.40. The number of hydrogen-bond donors (Lipinski definition) is 1. The van der Waals surface area contributed by atoms with Crippen LogP contribution in [0.4, 0.5) is 0 Å². The first-order valence-corrected chi connectivity index (χ1v) is 7.09. The average Bonchev–Trinajstić information content (AvgIpc) is 2.97. The fraction of sp³-hybridized carbons (Fsp3) is 0.438. The smallest absolute Gasteiger partial charge is 0.194 e. The molecule has 0 aromatic carbocycles. The maximum absolute atomic E-state index is 5.55. The Kier molecular flexibility index (Phi) is 4.73. The fourth-order valence-corrected chi connectivity index (χ4v) is 2.40. The molecule has 114 valence electrons. The summed E-state index contributed by atoms with van der Waals surface area (Å²) < 4.78 is 7.66. The van der Waals surface area contributed by atoms with Gasteiger partial charge in [-0.3, -0.25) is 4.99 Å². The summed E-state index contributed by atoms with van der Waals surface area (Å²) in [6.07, 6.45) is 2.05. The van der Waals surface area contributed by atoms with E-state index in [0.29, 0.717) is 6.54 Å². The molecule has 0 bridgehead atoms. The Morgan fingerprint density at radius 1 is 1.43 bits per heavy atom. The maximum atomic E-state index is 5.55. The average molecular weight is 288 g/mol. The number of aromatic nitrogens is 1. The highest BCUT2D eigenvalue weighted by atomic mass is 16.3. The van der Waals surface area contributed by atoms with Gasteiger partial charge in [0.1, 0.15) is 11.5 Å². The largest absolute Gasteiger partial charge is 0.466 e. The van der Waals surface area contributed by atoms with E-state index in [4.69, 9.17) is 4.42 Å². The van der Waals surface area contributed by atoms with Gasteiger partial charge in [0.2, 0.25) is 0 Å². The molecule has 0 atom stereocenters. The number of aryl methyl sites for hydroxylation is 3. The summed E-state index contributed by atoms with van der Waals surface area (Å²) in [5.74, 6) is 2.77. The zero-order chi connectivity index (χ0) is 15.4. The van der Waals surface area contributed by atoms with Gasteiger partial charge in [-0.1, -0.05) is 0 Å². The molecule has 2 aromatic rings. The van der Waals surface area contributed by atoms with E-state index in [0.717, 1.165) is 24.0 Å². The molecule has 0 amide bonds. The van der Waals surface area contributed by atoms with Gasteiger partial charge in [0, 0.05) is 45.1 Å². The number of nitrogens with one attached hydrogen (secondary N) is 1. The highest BCUT2D eigenvalue weighted by molar-refractivity contribution is 5.79. The first kappa shape index (κ1) is 15.2. The molecule has 2 aromatic heterocycles. The lowest BCUT2D eigenvalue weighted by Gasteiger charge is -2.22. The summed E-state index contributed by atoms with van der Waals surface area (Å²) >= 11 is 0. The lowest BCUT2D eigenvalue weighted by molar-refractivity contribution is 0.460. The van der Waals surface area contributed by atoms with Crippen LogP contribution >= 0.6 is 0 Å². The van der Waals surface area contributed by atoms with Crippen molar-refractivity contribution in [2.75, 3.05) is 14.1 Å². The molecular weight excluding hydrogens is 264 g/mol. The second-order valence-electron chi connectivity index (χ2n) is 5.31. The van der Waals surface area contributed by atoms with Crippen LogP contribution in [0.25, 0.3) is 0 Å². The van der Waals surface area contributed by atoms with Crippen molar-refractivity contribution in [1.82, 2.24) is 14.8 Å². The Bertz CT molecular complexity index is 624. The zero-order valence-corrected chi connectivity index (χ0v) is 13.5. The predicted molar refractivity (Wildman–Crippen MR) is 85.3 cm³/mol. The Morgan fingerprint density at radius 3 is 2.71 bits per heavy atom. The van der Waals surface area contributed by atoms with Gasteiger partial charge >= 0.3 is 0 Å². The molecular formula is C16H24N4O. The Morgan fingerprint density at radius 2 is 2.19 bits per heavy atom. The van der Waals surface area contributed by atoms with Crippen molar-refractivity contribution in [1.29, 1.82) is 0 Å². The van der Waals surface area contributed by atoms with E-state index in [-0.39, 0.29) is 0 Å². The monoisotopic (exact) mass is 288 g/mol. The third-order valence-electron chi connectivity index (χ3n) is 3.60. The minimum absolute atomic E-state index is 0.716. The van der Waals surface area contributed by atoms with Gasteiger partial charge in [0.05, 0.1) is 6.54 Å². The van der Waals surface area contributed by atoms with Crippen molar-refractivity contribution in [3.63, 3.8) is 0 Å². The Labute approximate surface area is 126 Å². The molecule has 0 aliphatic carbocycles. The lowest BCUT2D eigenvalue weighted by Crippen LogP contribution is -2.38. The van der Waals surface area contributed by atoms with E-state index in [1.54, 1.807) is 7.05 Å². The number of aliphatic imine (C=N–C) groups is 1. The van der Waals surface area contributed by atoms with Gasteiger partial charge < -0.3 is 19.2 Å². The molecule has 21 heavy (non-hydrogen) atoms. The van der Waals surface area contributed by atoms with Gasteiger partial charge in [0.25, 0.3) is 0 Å². The molecule has 0 saturated carbocycles. The third kappa shape index (κ3) is 3.68. The van der Waals surface area contributed by atoms with Crippen LogP contribution in [0.15, 0.2) is 33.8 Å². The summed E-state index contributed by atoms with van der Waals surface area (Å²) in [5.41, 5.74) is 2.41. The highest BCUT2D eigenvalue weighted by Crippen LogP contribution is 2.13. The first-order valence-electron chi connectivity index (χ1n) is 7.09. The molecule has 5 nitrogen and oxygen atoms in total. The predicted octanol–water partition coefficient (Wildman–Crippen LogP) is 2.44. The van der Waals surface area contributed by atoms with E-state index >= 15 is 0 Å². The van der Waals surface area contributed by atoms with Crippen LogP contribution in [0.2, 0.25) is 0 Å². The van der Waals surface area contributed by atoms with Crippen LogP contribution in [0, 0.1) is 13.8 Å². The van der Waals surface area contributed by atoms with Gasteiger partial charge in [-0.2, -0.15) is 0 Å². The van der Waals surface area contributed by atoms with Gasteiger partial charge in [-0.25, -0.2) is 0 Å². The van der Waals surface area contributed by atoms with E-state index in [1.165, 1.54) is 11.3 Å². The second-order valence-corrected chi connectivity index (χ2v) is 5.31. The van der Waals surface area contributed by atoms with Crippen molar-refractivity contribution in [3.8, 4) is 0 Å². The maximum Gasteiger partial charge on any atom is 0.194 e. The van der Waals surface area contributed by atoms with Crippen molar-refractivity contribution in [2.45, 2.75) is 26.9 Å². The van der Waals surface area contributed by atoms with Crippen LogP contribution in [0.5, 0.6) is 0 Å². The summed E-state index contributed by atoms with van der Waals surface area (Å²) in [5, 5.41) is 3.38. The standard InChI is InChI=1S/C16H24N4O/c1-12-9-14(13(2)21-12)10-18-16(17-3)20(5)11-15-7-6-8-19(15)4/h6-9H,10-11H2,1-5H3,(H,17,18). The highest BCUT2D eigenvalue weighted by Gasteiger charge is 2.10. The minimum atomic E-state index is 0.716. The van der Waals surface area contributed by atoms with Crippen LogP contribution in [0.3, 0.4) is 0 Å². The zero-order valence-electron chi connectivity index (χ0n) is 13.5. The summed E-state index contributed by atoms with van der Waals surface area (Å²) in [6, 6.07) is 6.23. The molecule has 0 saturated heterocycles. The number of rotatable bonds is 4. The Hall–Kier alpha value is -2.17. The van der Waals surface area contributed by atoms with E-state index < -0.39 is 0 Å². The number of hydrogen-bond acceptors (Lipinski definition) is 2. The number of guanidine groups is 1. The quantitative estimate of drug-likeness (QED) is 0.694. The van der Waals surface area contributed by atoms with Crippen molar-refractivity contribution in [3.05, 3.63) is 47.2 Å². The molecule has 0 unspecified atom stereocenters. The number of furan rings is 1. The lowest BCUT2D eigenvalue weighted by atomic mass is 10.2. The van der Waals surface area contributed by atoms with E-state index in [1.807, 2.05) is 20.9 Å². The summed E-state index contributed by atoms with van der Waals surface area (Å²) in [6.45, 7) is 5.48. The molecule has 0 spiro atoms. The van der Waals surface area contributed by atoms with Crippen LogP contribution in [-0.2, 0) is 20.1 Å². The molecule has 0 aliphatic rings. The van der Waals surface area contributed by atoms with Crippen LogP contribution in [0.1, 0.15) is 22.8 Å². The topological polar surface area (TPSA) is 45.7 Å². The van der Waals surface area contributed by atoms with E-state index in [9.17, 15) is 0 Å². The molecule has 2 rings (SSSR count). The van der Waals surface area contributed by atoms with E-state index in [2.05, 4.69) is 51.2 Å². The SMILES string of the molecule is CN=C(NCc1cc(C)oc1C)N(C)Cc1cccn1C. The Balaban J connectivity index is 1.97. The van der Waals surface area contributed by atoms with Gasteiger partial charge in [-0.15, -0.1) is 0 Å². The summed E-state index contributed by atoms with van der Waals surface area (Å²) in [4.78, 5) is 6.45.